The van der Waals surface area contributed by atoms with Crippen molar-refractivity contribution in [1.82, 2.24) is 9.97 Å². The van der Waals surface area contributed by atoms with E-state index in [2.05, 4.69) is 190 Å². The van der Waals surface area contributed by atoms with E-state index < -0.39 is 9.49 Å². The summed E-state index contributed by atoms with van der Waals surface area (Å²) < 4.78 is 6.83. The van der Waals surface area contributed by atoms with E-state index in [1.807, 2.05) is 48.8 Å². The number of nitrogens with zero attached hydrogens (tertiary/aromatic N) is 2. The van der Waals surface area contributed by atoms with Crippen LogP contribution in [0.5, 0.6) is 0 Å². The van der Waals surface area contributed by atoms with Gasteiger partial charge in [-0.1, -0.05) is 224 Å². The Morgan fingerprint density at radius 2 is 0.517 bits per heavy atom. The first-order chi connectivity index (χ1) is 27.1. The summed E-state index contributed by atoms with van der Waals surface area (Å²) in [6.45, 7) is 26.7. The second-order valence-corrected chi connectivity index (χ2v) is 20.3. The van der Waals surface area contributed by atoms with Crippen molar-refractivity contribution in [2.24, 2.45) is 0 Å². The van der Waals surface area contributed by atoms with Crippen molar-refractivity contribution in [1.29, 1.82) is 0 Å². The maximum absolute atomic E-state index is 8.26. The predicted octanol–water partition coefficient (Wildman–Crippen LogP) is 12.9. The standard InChI is InChI=1S/2C26H31NS.Mo.O/c2*1-24(2,3)19-10-14-21(15-11-19)26(28,23-9-7-8-18-27-23)22-16-12-20(13-17-22)25(4,5)6;;/h2*7-18,28H,1-6H3;;/p-2. The molecule has 0 aliphatic heterocycles. The second kappa shape index (κ2) is 18.7. The van der Waals surface area contributed by atoms with Gasteiger partial charge in [0.15, 0.2) is 0 Å². The van der Waals surface area contributed by atoms with Gasteiger partial charge in [0.05, 0.1) is 0 Å². The SMILES string of the molecule is CC(C)(C)c1ccc(C([S-])(c2ccc(C(C)(C)C)cc2)c2ccccn2)cc1.CC(C)(C)c1ccc(C([S-])(c2ccc(C(C)(C)C)cc2)c2ccccn2)cc1.[O]=[Mo]. The molecule has 3 nitrogen and oxygen atoms in total. The van der Waals surface area contributed by atoms with Crippen LogP contribution in [0.2, 0.25) is 0 Å². The van der Waals surface area contributed by atoms with Crippen LogP contribution in [0.3, 0.4) is 0 Å². The summed E-state index contributed by atoms with van der Waals surface area (Å²) in [5.41, 5.74) is 11.8. The zero-order valence-electron chi connectivity index (χ0n) is 36.4. The summed E-state index contributed by atoms with van der Waals surface area (Å²) in [5.74, 6) is 0. The van der Waals surface area contributed by atoms with Gasteiger partial charge < -0.3 is 25.3 Å². The van der Waals surface area contributed by atoms with Crippen LogP contribution in [0.4, 0.5) is 0 Å². The fourth-order valence-corrected chi connectivity index (χ4v) is 7.67. The van der Waals surface area contributed by atoms with Crippen molar-refractivity contribution in [2.75, 3.05) is 0 Å². The molecule has 2 heterocycles. The van der Waals surface area contributed by atoms with Crippen LogP contribution < -0.4 is 0 Å². The van der Waals surface area contributed by atoms with Crippen molar-refractivity contribution in [3.63, 3.8) is 0 Å². The van der Waals surface area contributed by atoms with Gasteiger partial charge in [-0.05, 0) is 68.2 Å². The number of rotatable bonds is 6. The van der Waals surface area contributed by atoms with Gasteiger partial charge in [-0.2, -0.15) is 0 Å². The average molecular weight is 889 g/mol. The van der Waals surface area contributed by atoms with E-state index in [4.69, 9.17) is 28.7 Å². The summed E-state index contributed by atoms with van der Waals surface area (Å²) in [5, 5.41) is 0. The van der Waals surface area contributed by atoms with Crippen molar-refractivity contribution in [2.45, 2.75) is 114 Å². The van der Waals surface area contributed by atoms with E-state index >= 15 is 0 Å². The molecule has 0 radical (unpaired) electrons. The third-order valence-corrected chi connectivity index (χ3v) is 12.0. The van der Waals surface area contributed by atoms with Crippen molar-refractivity contribution < 1.29 is 23.2 Å². The van der Waals surface area contributed by atoms with Crippen molar-refractivity contribution in [3.05, 3.63) is 202 Å². The number of hydrogen-bond acceptors (Lipinski definition) is 5. The molecule has 0 N–H and O–H groups in total. The van der Waals surface area contributed by atoms with E-state index in [0.29, 0.717) is 19.8 Å². The molecule has 0 fully saturated rings. The Kier molecular flexibility index (Phi) is 15.2. The van der Waals surface area contributed by atoms with E-state index in [-0.39, 0.29) is 21.7 Å². The fraction of sp³-hybridized carbons (Fsp3) is 0.346. The molecule has 6 aromatic rings. The first-order valence-electron chi connectivity index (χ1n) is 19.9. The van der Waals surface area contributed by atoms with Crippen LogP contribution in [0.1, 0.15) is 139 Å². The molecule has 0 aliphatic carbocycles. The molecule has 0 bridgehead atoms. The van der Waals surface area contributed by atoms with E-state index in [0.717, 1.165) is 33.6 Å². The van der Waals surface area contributed by atoms with Crippen molar-refractivity contribution in [3.8, 4) is 0 Å². The third kappa shape index (κ3) is 10.9. The van der Waals surface area contributed by atoms with Crippen LogP contribution in [-0.2, 0) is 79.6 Å². The number of pyridine rings is 2. The molecule has 0 saturated heterocycles. The van der Waals surface area contributed by atoms with Crippen LogP contribution in [0.15, 0.2) is 146 Å². The molecule has 0 atom stereocenters. The molecule has 58 heavy (non-hydrogen) atoms. The van der Waals surface area contributed by atoms with Gasteiger partial charge in [0.25, 0.3) is 0 Å². The maximum atomic E-state index is 8.26. The normalized spacial score (nSPS) is 12.4. The summed E-state index contributed by atoms with van der Waals surface area (Å²) in [6.07, 6.45) is 3.65. The summed E-state index contributed by atoms with van der Waals surface area (Å²) in [7, 11) is 0. The summed E-state index contributed by atoms with van der Waals surface area (Å²) in [4.78, 5) is 9.28. The molecule has 0 spiro atoms. The quantitative estimate of drug-likeness (QED) is 0.123. The summed E-state index contributed by atoms with van der Waals surface area (Å²) >= 11 is 13.3. The number of aromatic nitrogens is 2. The molecule has 0 unspecified atom stereocenters. The van der Waals surface area contributed by atoms with E-state index in [1.54, 1.807) is 0 Å². The Morgan fingerprint density at radius 1 is 0.328 bits per heavy atom. The summed E-state index contributed by atoms with van der Waals surface area (Å²) in [6, 6.07) is 46.9. The molecule has 4 aromatic carbocycles. The van der Waals surface area contributed by atoms with Gasteiger partial charge in [-0.15, -0.1) is 0 Å². The van der Waals surface area contributed by atoms with Crippen LogP contribution in [0.25, 0.3) is 0 Å². The third-order valence-electron chi connectivity index (χ3n) is 10.7. The average Bonchev–Trinajstić information content (AvgIpc) is 3.21. The first kappa shape index (κ1) is 47.1. The molecule has 0 saturated carbocycles. The van der Waals surface area contributed by atoms with Crippen molar-refractivity contribution >= 4 is 25.3 Å². The van der Waals surface area contributed by atoms with Gasteiger partial charge in [0.1, 0.15) is 0 Å². The van der Waals surface area contributed by atoms with Gasteiger partial charge in [0, 0.05) is 23.8 Å². The molecule has 2 aromatic heterocycles. The molecule has 6 rings (SSSR count). The number of hydrogen-bond donors (Lipinski definition) is 0. The Morgan fingerprint density at radius 3 is 0.672 bits per heavy atom. The Labute approximate surface area is 372 Å². The van der Waals surface area contributed by atoms with Crippen LogP contribution in [0, 0.1) is 0 Å². The molecule has 304 valence electrons. The minimum atomic E-state index is -0.714. The Hall–Kier alpha value is -3.63. The second-order valence-electron chi connectivity index (χ2n) is 19.1. The Balaban J connectivity index is 0.000000246. The molecular weight excluding hydrogens is 829 g/mol. The molecule has 0 aliphatic rings. The minimum absolute atomic E-state index is 0.113. The molecular formula is C52H60MoN2OS2-2. The Bertz CT molecular complexity index is 1900. The zero-order chi connectivity index (χ0) is 43.2. The monoisotopic (exact) mass is 890 g/mol. The van der Waals surface area contributed by atoms with Gasteiger partial charge >= 0.3 is 23.2 Å². The van der Waals surface area contributed by atoms with Gasteiger partial charge in [-0.25, -0.2) is 0 Å². The molecule has 0 amide bonds. The van der Waals surface area contributed by atoms with Gasteiger partial charge in [0.2, 0.25) is 0 Å². The van der Waals surface area contributed by atoms with E-state index in [1.165, 1.54) is 22.3 Å². The topological polar surface area (TPSA) is 42.9 Å². The van der Waals surface area contributed by atoms with Crippen LogP contribution in [-0.4, -0.2) is 9.97 Å². The fourth-order valence-electron chi connectivity index (χ4n) is 6.89. The zero-order valence-corrected chi connectivity index (χ0v) is 40.0. The van der Waals surface area contributed by atoms with E-state index in [9.17, 15) is 0 Å². The van der Waals surface area contributed by atoms with Gasteiger partial charge in [-0.3, -0.25) is 9.97 Å². The molecule has 6 heteroatoms. The first-order valence-corrected chi connectivity index (χ1v) is 21.5. The predicted molar refractivity (Wildman–Crippen MR) is 244 cm³/mol. The number of benzene rings is 4. The van der Waals surface area contributed by atoms with Crippen LogP contribution >= 0.6 is 0 Å².